The molecule has 9 heteroatoms. The van der Waals surface area contributed by atoms with E-state index in [0.717, 1.165) is 0 Å². The highest BCUT2D eigenvalue weighted by atomic mass is 16.5. The Morgan fingerprint density at radius 3 is 2.52 bits per heavy atom. The zero-order valence-electron chi connectivity index (χ0n) is 19.0. The summed E-state index contributed by atoms with van der Waals surface area (Å²) in [6.07, 6.45) is 1.59. The zero-order valence-corrected chi connectivity index (χ0v) is 19.0. The zero-order chi connectivity index (χ0) is 23.5. The number of nitrogens with one attached hydrogen (secondary N) is 1. The van der Waals surface area contributed by atoms with E-state index in [9.17, 15) is 4.79 Å². The van der Waals surface area contributed by atoms with Crippen LogP contribution in [0.4, 0.5) is 5.82 Å². The fraction of sp³-hybridized carbons (Fsp3) is 0.250. The quantitative estimate of drug-likeness (QED) is 0.420. The first-order valence-electron chi connectivity index (χ1n) is 10.5. The normalized spacial score (nSPS) is 11.5. The van der Waals surface area contributed by atoms with Crippen LogP contribution in [0, 0.1) is 5.92 Å². The molecule has 3 N–H and O–H groups in total. The number of nitrogens with two attached hydrogens (primary N) is 1. The Morgan fingerprint density at radius 2 is 1.85 bits per heavy atom. The van der Waals surface area contributed by atoms with Gasteiger partial charge in [-0.2, -0.15) is 9.78 Å². The minimum Gasteiger partial charge on any atom is -0.493 e. The average molecular weight is 447 g/mol. The van der Waals surface area contributed by atoms with Gasteiger partial charge in [-0.1, -0.05) is 32.0 Å². The number of nitrogens with zero attached hydrogens (tertiary/aromatic N) is 4. The van der Waals surface area contributed by atoms with Crippen molar-refractivity contribution in [2.45, 2.75) is 13.8 Å². The Kier molecular flexibility index (Phi) is 6.12. The number of carbonyl (C=O) groups excluding carboxylic acids is 1. The first-order chi connectivity index (χ1) is 15.9. The van der Waals surface area contributed by atoms with Gasteiger partial charge >= 0.3 is 0 Å². The van der Waals surface area contributed by atoms with Crippen molar-refractivity contribution in [1.29, 1.82) is 0 Å². The van der Waals surface area contributed by atoms with Crippen LogP contribution >= 0.6 is 0 Å². The highest BCUT2D eigenvalue weighted by Crippen LogP contribution is 2.31. The van der Waals surface area contributed by atoms with Crippen molar-refractivity contribution >= 4 is 40.1 Å². The SMILES string of the molecule is COc1cccc(/C=N\n2c(N)c(C(=O)NCC(C)C)c3nc4ccccc4nc32)c1OC. The first kappa shape index (κ1) is 22.1. The Labute approximate surface area is 191 Å². The number of carbonyl (C=O) groups is 1. The molecule has 0 aliphatic heterocycles. The Morgan fingerprint density at radius 1 is 1.12 bits per heavy atom. The third-order valence-electron chi connectivity index (χ3n) is 5.12. The maximum atomic E-state index is 13.0. The van der Waals surface area contributed by atoms with Crippen molar-refractivity contribution in [1.82, 2.24) is 20.0 Å². The molecule has 0 bridgehead atoms. The van der Waals surface area contributed by atoms with Crippen molar-refractivity contribution in [3.63, 3.8) is 0 Å². The Balaban J connectivity index is 1.89. The molecule has 0 spiro atoms. The lowest BCUT2D eigenvalue weighted by atomic mass is 10.2. The van der Waals surface area contributed by atoms with Gasteiger partial charge in [0.1, 0.15) is 16.9 Å². The molecule has 2 aromatic carbocycles. The van der Waals surface area contributed by atoms with Crippen molar-refractivity contribution < 1.29 is 14.3 Å². The van der Waals surface area contributed by atoms with Gasteiger partial charge in [0.25, 0.3) is 5.91 Å². The monoisotopic (exact) mass is 446 g/mol. The molecule has 0 aliphatic rings. The second-order valence-corrected chi connectivity index (χ2v) is 7.89. The molecule has 4 rings (SSSR count). The highest BCUT2D eigenvalue weighted by Gasteiger charge is 2.24. The molecule has 33 heavy (non-hydrogen) atoms. The molecule has 2 aromatic heterocycles. The maximum absolute atomic E-state index is 13.0. The van der Waals surface area contributed by atoms with Crippen LogP contribution in [0.1, 0.15) is 29.8 Å². The number of anilines is 1. The van der Waals surface area contributed by atoms with Gasteiger partial charge in [-0.15, -0.1) is 0 Å². The van der Waals surface area contributed by atoms with Gasteiger partial charge < -0.3 is 20.5 Å². The number of benzene rings is 2. The number of amides is 1. The number of methoxy groups -OCH3 is 2. The molecule has 0 saturated carbocycles. The molecule has 2 heterocycles. The molecular weight excluding hydrogens is 420 g/mol. The molecule has 9 nitrogen and oxygen atoms in total. The molecule has 0 fully saturated rings. The summed E-state index contributed by atoms with van der Waals surface area (Å²) in [7, 11) is 3.13. The lowest BCUT2D eigenvalue weighted by Gasteiger charge is -2.09. The summed E-state index contributed by atoms with van der Waals surface area (Å²) in [5.74, 6) is 1.23. The predicted molar refractivity (Wildman–Crippen MR) is 129 cm³/mol. The van der Waals surface area contributed by atoms with Gasteiger partial charge in [0, 0.05) is 12.1 Å². The van der Waals surface area contributed by atoms with E-state index in [1.807, 2.05) is 50.2 Å². The summed E-state index contributed by atoms with van der Waals surface area (Å²) < 4.78 is 12.3. The molecule has 0 atom stereocenters. The van der Waals surface area contributed by atoms with Crippen molar-refractivity contribution in [3.05, 3.63) is 53.6 Å². The number of fused-ring (bicyclic) bond motifs is 2. The third kappa shape index (κ3) is 4.17. The van der Waals surface area contributed by atoms with E-state index >= 15 is 0 Å². The largest absolute Gasteiger partial charge is 0.493 e. The Bertz CT molecular complexity index is 1360. The third-order valence-corrected chi connectivity index (χ3v) is 5.12. The topological polar surface area (TPSA) is 117 Å². The predicted octanol–water partition coefficient (Wildman–Crippen LogP) is 3.45. The van der Waals surface area contributed by atoms with Crippen molar-refractivity contribution in [3.8, 4) is 11.5 Å². The summed E-state index contributed by atoms with van der Waals surface area (Å²) >= 11 is 0. The molecule has 170 valence electrons. The number of ether oxygens (including phenoxy) is 2. The van der Waals surface area contributed by atoms with Crippen LogP contribution in [0.25, 0.3) is 22.2 Å². The molecular formula is C24H26N6O3. The standard InChI is InChI=1S/C24H26N6O3/c1-14(2)12-26-24(31)19-20-23(29-17-10-6-5-9-16(17)28-20)30(22(19)25)27-13-15-8-7-11-18(32-3)21(15)33-4/h5-11,13-14H,12,25H2,1-4H3,(H,26,31)/b27-13-. The highest BCUT2D eigenvalue weighted by molar-refractivity contribution is 6.10. The van der Waals surface area contributed by atoms with E-state index in [1.54, 1.807) is 26.5 Å². The Hall–Kier alpha value is -4.14. The minimum atomic E-state index is -0.316. The molecule has 1 amide bonds. The van der Waals surface area contributed by atoms with Crippen LogP contribution in [0.2, 0.25) is 0 Å². The summed E-state index contributed by atoms with van der Waals surface area (Å²) in [5.41, 5.74) is 9.47. The number of hydrogen-bond donors (Lipinski definition) is 2. The van der Waals surface area contributed by atoms with E-state index in [4.69, 9.17) is 20.2 Å². The molecule has 0 radical (unpaired) electrons. The van der Waals surface area contributed by atoms with Gasteiger partial charge in [-0.25, -0.2) is 9.97 Å². The van der Waals surface area contributed by atoms with E-state index in [-0.39, 0.29) is 23.2 Å². The van der Waals surface area contributed by atoms with E-state index in [2.05, 4.69) is 15.4 Å². The summed E-state index contributed by atoms with van der Waals surface area (Å²) in [5, 5.41) is 7.45. The number of para-hydroxylation sites is 3. The molecule has 0 saturated heterocycles. The number of aromatic nitrogens is 3. The second kappa shape index (κ2) is 9.15. The summed E-state index contributed by atoms with van der Waals surface area (Å²) in [4.78, 5) is 22.4. The van der Waals surface area contributed by atoms with Crippen LogP contribution in [-0.4, -0.2) is 47.5 Å². The number of hydrogen-bond acceptors (Lipinski definition) is 7. The van der Waals surface area contributed by atoms with Crippen molar-refractivity contribution in [2.75, 3.05) is 26.5 Å². The van der Waals surface area contributed by atoms with Gasteiger partial charge in [0.2, 0.25) is 0 Å². The maximum Gasteiger partial charge on any atom is 0.257 e. The van der Waals surface area contributed by atoms with E-state index in [0.29, 0.717) is 45.8 Å². The van der Waals surface area contributed by atoms with Crippen LogP contribution < -0.4 is 20.5 Å². The summed E-state index contributed by atoms with van der Waals surface area (Å²) in [6, 6.07) is 12.9. The summed E-state index contributed by atoms with van der Waals surface area (Å²) in [6.45, 7) is 4.55. The van der Waals surface area contributed by atoms with Gasteiger partial charge in [-0.3, -0.25) is 4.79 Å². The van der Waals surface area contributed by atoms with E-state index < -0.39 is 0 Å². The number of rotatable bonds is 7. The lowest BCUT2D eigenvalue weighted by Crippen LogP contribution is -2.28. The van der Waals surface area contributed by atoms with E-state index in [1.165, 1.54) is 4.68 Å². The fourth-order valence-electron chi connectivity index (χ4n) is 3.51. The van der Waals surface area contributed by atoms with Gasteiger partial charge in [-0.05, 0) is 30.2 Å². The fourth-order valence-corrected chi connectivity index (χ4v) is 3.51. The molecule has 0 aliphatic carbocycles. The van der Waals surface area contributed by atoms with Crippen LogP contribution in [0.15, 0.2) is 47.6 Å². The number of nitrogen functional groups attached to an aromatic ring is 1. The average Bonchev–Trinajstić information content (AvgIpc) is 3.09. The second-order valence-electron chi connectivity index (χ2n) is 7.89. The minimum absolute atomic E-state index is 0.152. The molecule has 0 unspecified atom stereocenters. The van der Waals surface area contributed by atoms with Gasteiger partial charge in [0.05, 0.1) is 31.5 Å². The van der Waals surface area contributed by atoms with Gasteiger partial charge in [0.15, 0.2) is 17.1 Å². The lowest BCUT2D eigenvalue weighted by molar-refractivity contribution is 0.0951. The smallest absolute Gasteiger partial charge is 0.257 e. The van der Waals surface area contributed by atoms with Crippen LogP contribution in [0.3, 0.4) is 0 Å². The molecule has 4 aromatic rings. The van der Waals surface area contributed by atoms with Crippen molar-refractivity contribution in [2.24, 2.45) is 11.0 Å². The first-order valence-corrected chi connectivity index (χ1v) is 10.5. The van der Waals surface area contributed by atoms with Crippen LogP contribution in [0.5, 0.6) is 11.5 Å². The van der Waals surface area contributed by atoms with Crippen LogP contribution in [-0.2, 0) is 0 Å².